The number of hydrogen-bond donors (Lipinski definition) is 2. The van der Waals surface area contributed by atoms with E-state index in [9.17, 15) is 0 Å². The quantitative estimate of drug-likeness (QED) is 0.302. The summed E-state index contributed by atoms with van der Waals surface area (Å²) in [6, 6.07) is 14.3. The maximum Gasteiger partial charge on any atom is 0.196 e. The molecule has 0 spiro atoms. The standard InChI is InChI=1S/C23H32N4O3.HI/c1-4-24-23(26-20-8-9-21(28-2)22(15-20)29-3)25-16-18-6-5-7-19(14-18)17-27-10-12-30-13-11-27;/h5-9,14-15H,4,10-13,16-17H2,1-3H3,(H2,24,25,26);1H. The number of nitrogens with one attached hydrogen (secondary N) is 2. The van der Waals surface area contributed by atoms with E-state index >= 15 is 0 Å². The summed E-state index contributed by atoms with van der Waals surface area (Å²) in [6.07, 6.45) is 0. The lowest BCUT2D eigenvalue weighted by molar-refractivity contribution is 0.0342. The Bertz CT molecular complexity index is 841. The van der Waals surface area contributed by atoms with Gasteiger partial charge in [-0.25, -0.2) is 4.99 Å². The fourth-order valence-corrected chi connectivity index (χ4v) is 3.37. The van der Waals surface area contributed by atoms with Crippen molar-refractivity contribution in [2.45, 2.75) is 20.0 Å². The van der Waals surface area contributed by atoms with Crippen molar-refractivity contribution < 1.29 is 14.2 Å². The van der Waals surface area contributed by atoms with E-state index in [2.05, 4.69) is 46.7 Å². The zero-order chi connectivity index (χ0) is 21.2. The van der Waals surface area contributed by atoms with Crippen LogP contribution in [-0.4, -0.2) is 57.9 Å². The van der Waals surface area contributed by atoms with Crippen molar-refractivity contribution in [2.24, 2.45) is 4.99 Å². The minimum absolute atomic E-state index is 0. The maximum atomic E-state index is 5.44. The molecule has 0 atom stereocenters. The summed E-state index contributed by atoms with van der Waals surface area (Å²) in [5.41, 5.74) is 3.38. The third-order valence-electron chi connectivity index (χ3n) is 4.91. The topological polar surface area (TPSA) is 67.4 Å². The third-order valence-corrected chi connectivity index (χ3v) is 4.91. The normalized spacial score (nSPS) is 14.5. The van der Waals surface area contributed by atoms with Crippen molar-refractivity contribution in [1.82, 2.24) is 10.2 Å². The highest BCUT2D eigenvalue weighted by atomic mass is 127. The van der Waals surface area contributed by atoms with Crippen LogP contribution < -0.4 is 20.1 Å². The summed E-state index contributed by atoms with van der Waals surface area (Å²) in [6.45, 7) is 7.98. The van der Waals surface area contributed by atoms with Crippen molar-refractivity contribution in [3.8, 4) is 11.5 Å². The fourth-order valence-electron chi connectivity index (χ4n) is 3.37. The number of hydrogen-bond acceptors (Lipinski definition) is 5. The second kappa shape index (κ2) is 13.4. The lowest BCUT2D eigenvalue weighted by Crippen LogP contribution is -2.35. The minimum Gasteiger partial charge on any atom is -0.493 e. The van der Waals surface area contributed by atoms with E-state index in [0.29, 0.717) is 18.0 Å². The summed E-state index contributed by atoms with van der Waals surface area (Å²) in [5.74, 6) is 2.10. The first-order chi connectivity index (χ1) is 14.7. The number of halogens is 1. The highest BCUT2D eigenvalue weighted by Crippen LogP contribution is 2.29. The van der Waals surface area contributed by atoms with Crippen LogP contribution in [0, 0.1) is 0 Å². The van der Waals surface area contributed by atoms with E-state index in [1.807, 2.05) is 18.2 Å². The van der Waals surface area contributed by atoms with Crippen LogP contribution >= 0.6 is 24.0 Å². The van der Waals surface area contributed by atoms with Gasteiger partial charge >= 0.3 is 0 Å². The van der Waals surface area contributed by atoms with Crippen molar-refractivity contribution in [2.75, 3.05) is 52.4 Å². The summed E-state index contributed by atoms with van der Waals surface area (Å²) in [4.78, 5) is 7.18. The van der Waals surface area contributed by atoms with Gasteiger partial charge in [0.1, 0.15) is 0 Å². The summed E-state index contributed by atoms with van der Waals surface area (Å²) < 4.78 is 16.1. The molecular weight excluding hydrogens is 507 g/mol. The molecule has 1 heterocycles. The maximum absolute atomic E-state index is 5.44. The van der Waals surface area contributed by atoms with Gasteiger partial charge < -0.3 is 24.8 Å². The van der Waals surface area contributed by atoms with Crippen LogP contribution in [0.15, 0.2) is 47.5 Å². The zero-order valence-corrected chi connectivity index (χ0v) is 20.8. The molecule has 2 aromatic rings. The van der Waals surface area contributed by atoms with Crippen LogP contribution in [0.4, 0.5) is 5.69 Å². The van der Waals surface area contributed by atoms with Gasteiger partial charge in [0.15, 0.2) is 17.5 Å². The highest BCUT2D eigenvalue weighted by Gasteiger charge is 2.11. The predicted molar refractivity (Wildman–Crippen MR) is 136 cm³/mol. The van der Waals surface area contributed by atoms with E-state index in [1.54, 1.807) is 14.2 Å². The van der Waals surface area contributed by atoms with Gasteiger partial charge in [0, 0.05) is 37.9 Å². The Balaban J connectivity index is 0.00000341. The van der Waals surface area contributed by atoms with Gasteiger partial charge in [-0.1, -0.05) is 24.3 Å². The molecule has 2 N–H and O–H groups in total. The number of morpholine rings is 1. The number of guanidine groups is 1. The molecule has 0 saturated carbocycles. The van der Waals surface area contributed by atoms with Crippen molar-refractivity contribution in [1.29, 1.82) is 0 Å². The monoisotopic (exact) mass is 540 g/mol. The van der Waals surface area contributed by atoms with Crippen LogP contribution in [0.1, 0.15) is 18.1 Å². The molecule has 31 heavy (non-hydrogen) atoms. The van der Waals surface area contributed by atoms with Gasteiger partial charge in [-0.2, -0.15) is 0 Å². The first-order valence-electron chi connectivity index (χ1n) is 10.4. The average molecular weight is 540 g/mol. The number of benzene rings is 2. The number of rotatable bonds is 8. The van der Waals surface area contributed by atoms with Crippen LogP contribution in [0.25, 0.3) is 0 Å². The molecule has 8 heteroatoms. The van der Waals surface area contributed by atoms with Gasteiger partial charge in [-0.3, -0.25) is 4.90 Å². The Kier molecular flexibility index (Phi) is 10.9. The molecule has 0 radical (unpaired) electrons. The SMILES string of the molecule is CCNC(=NCc1cccc(CN2CCOCC2)c1)Nc1ccc(OC)c(OC)c1.I. The average Bonchev–Trinajstić information content (AvgIpc) is 2.78. The largest absolute Gasteiger partial charge is 0.493 e. The van der Waals surface area contributed by atoms with Crippen LogP contribution in [-0.2, 0) is 17.8 Å². The molecule has 1 aliphatic heterocycles. The fraction of sp³-hybridized carbons (Fsp3) is 0.435. The Morgan fingerprint density at radius 2 is 1.77 bits per heavy atom. The van der Waals surface area contributed by atoms with Crippen LogP contribution in [0.5, 0.6) is 11.5 Å². The Morgan fingerprint density at radius 1 is 1.03 bits per heavy atom. The third kappa shape index (κ3) is 7.86. The first-order valence-corrected chi connectivity index (χ1v) is 10.4. The molecule has 0 aliphatic carbocycles. The lowest BCUT2D eigenvalue weighted by atomic mass is 10.1. The van der Waals surface area contributed by atoms with Gasteiger partial charge in [-0.15, -0.1) is 24.0 Å². The molecule has 0 unspecified atom stereocenters. The Morgan fingerprint density at radius 3 is 2.48 bits per heavy atom. The molecule has 1 saturated heterocycles. The molecular formula is C23H33IN4O3. The molecule has 1 fully saturated rings. The van der Waals surface area contributed by atoms with Crippen molar-refractivity contribution in [3.63, 3.8) is 0 Å². The Labute approximate surface area is 202 Å². The molecule has 0 aromatic heterocycles. The molecule has 1 aliphatic rings. The van der Waals surface area contributed by atoms with Crippen molar-refractivity contribution in [3.05, 3.63) is 53.6 Å². The number of anilines is 1. The summed E-state index contributed by atoms with van der Waals surface area (Å²) in [7, 11) is 3.26. The molecule has 3 rings (SSSR count). The Hall–Kier alpha value is -2.04. The van der Waals surface area contributed by atoms with Crippen molar-refractivity contribution >= 4 is 35.6 Å². The smallest absolute Gasteiger partial charge is 0.196 e. The lowest BCUT2D eigenvalue weighted by Gasteiger charge is -2.26. The summed E-state index contributed by atoms with van der Waals surface area (Å²) >= 11 is 0. The minimum atomic E-state index is 0. The molecule has 0 amide bonds. The van der Waals surface area contributed by atoms with Crippen LogP contribution in [0.3, 0.4) is 0 Å². The zero-order valence-electron chi connectivity index (χ0n) is 18.5. The van der Waals surface area contributed by atoms with Crippen LogP contribution in [0.2, 0.25) is 0 Å². The second-order valence-electron chi connectivity index (χ2n) is 7.10. The number of nitrogens with zero attached hydrogens (tertiary/aromatic N) is 2. The van der Waals surface area contributed by atoms with E-state index in [1.165, 1.54) is 11.1 Å². The molecule has 2 aromatic carbocycles. The first kappa shape index (κ1) is 25.2. The van der Waals surface area contributed by atoms with E-state index in [-0.39, 0.29) is 24.0 Å². The van der Waals surface area contributed by atoms with Gasteiger partial charge in [0.2, 0.25) is 0 Å². The highest BCUT2D eigenvalue weighted by molar-refractivity contribution is 14.0. The van der Waals surface area contributed by atoms with Gasteiger partial charge in [-0.05, 0) is 30.2 Å². The number of methoxy groups -OCH3 is 2. The number of ether oxygens (including phenoxy) is 3. The van der Waals surface area contributed by atoms with Gasteiger partial charge in [0.25, 0.3) is 0 Å². The summed E-state index contributed by atoms with van der Waals surface area (Å²) in [5, 5.41) is 6.63. The predicted octanol–water partition coefficient (Wildman–Crippen LogP) is 3.73. The second-order valence-corrected chi connectivity index (χ2v) is 7.10. The van der Waals surface area contributed by atoms with E-state index in [0.717, 1.165) is 51.0 Å². The van der Waals surface area contributed by atoms with E-state index in [4.69, 9.17) is 19.2 Å². The molecule has 0 bridgehead atoms. The molecule has 170 valence electrons. The molecule has 7 nitrogen and oxygen atoms in total. The van der Waals surface area contributed by atoms with E-state index < -0.39 is 0 Å². The number of aliphatic imine (C=N–C) groups is 1. The van der Waals surface area contributed by atoms with Gasteiger partial charge in [0.05, 0.1) is 34.0 Å².